The second kappa shape index (κ2) is 6.57. The van der Waals surface area contributed by atoms with Gasteiger partial charge in [0.25, 0.3) is 0 Å². The monoisotopic (exact) mass is 363 g/mol. The predicted molar refractivity (Wildman–Crippen MR) is 93.8 cm³/mol. The van der Waals surface area contributed by atoms with Gasteiger partial charge in [0.2, 0.25) is 10.0 Å². The minimum absolute atomic E-state index is 0.0931. The molecule has 1 fully saturated rings. The Morgan fingerprint density at radius 2 is 1.48 bits per heavy atom. The highest BCUT2D eigenvalue weighted by Crippen LogP contribution is 2.47. The molecule has 0 amide bonds. The van der Waals surface area contributed by atoms with Crippen LogP contribution < -0.4 is 18.9 Å². The predicted octanol–water partition coefficient (Wildman–Crippen LogP) is 2.68. The van der Waals surface area contributed by atoms with Crippen molar-refractivity contribution in [1.29, 1.82) is 0 Å². The average molecular weight is 363 g/mol. The van der Waals surface area contributed by atoms with Crippen LogP contribution in [-0.4, -0.2) is 29.7 Å². The van der Waals surface area contributed by atoms with Gasteiger partial charge in [0.1, 0.15) is 22.1 Å². The minimum Gasteiger partial charge on any atom is -0.497 e. The van der Waals surface area contributed by atoms with Crippen LogP contribution in [0.5, 0.6) is 17.2 Å². The Kier molecular flexibility index (Phi) is 4.62. The zero-order chi connectivity index (χ0) is 18.1. The lowest BCUT2D eigenvalue weighted by atomic mass is 10.1. The third-order valence-corrected chi connectivity index (χ3v) is 5.96. The van der Waals surface area contributed by atoms with E-state index in [4.69, 9.17) is 14.2 Å². The summed E-state index contributed by atoms with van der Waals surface area (Å²) in [5.74, 6) is 1.52. The van der Waals surface area contributed by atoms with E-state index < -0.39 is 15.6 Å². The summed E-state index contributed by atoms with van der Waals surface area (Å²) in [4.78, 5) is 0.0931. The Morgan fingerprint density at radius 3 is 2.00 bits per heavy atom. The molecule has 0 heterocycles. The number of methoxy groups -OCH3 is 3. The molecule has 0 unspecified atom stereocenters. The fourth-order valence-corrected chi connectivity index (χ4v) is 4.39. The first-order chi connectivity index (χ1) is 11.9. The van der Waals surface area contributed by atoms with Crippen molar-refractivity contribution in [3.05, 3.63) is 48.0 Å². The summed E-state index contributed by atoms with van der Waals surface area (Å²) in [5.41, 5.74) is 0.347. The fraction of sp³-hybridized carbons (Fsp3) is 0.333. The van der Waals surface area contributed by atoms with Crippen LogP contribution in [0.1, 0.15) is 18.4 Å². The van der Waals surface area contributed by atoms with Crippen LogP contribution >= 0.6 is 0 Å². The number of hydrogen-bond donors (Lipinski definition) is 1. The lowest BCUT2D eigenvalue weighted by molar-refractivity contribution is 0.385. The molecule has 1 aliphatic rings. The summed E-state index contributed by atoms with van der Waals surface area (Å²) in [6, 6.07) is 12.1. The van der Waals surface area contributed by atoms with Gasteiger partial charge < -0.3 is 14.2 Å². The summed E-state index contributed by atoms with van der Waals surface area (Å²) in [6.45, 7) is 0. The molecule has 2 aromatic carbocycles. The van der Waals surface area contributed by atoms with E-state index in [1.54, 1.807) is 19.2 Å². The van der Waals surface area contributed by atoms with Crippen LogP contribution in [0.25, 0.3) is 0 Å². The quantitative estimate of drug-likeness (QED) is 0.819. The maximum atomic E-state index is 12.9. The molecule has 2 aromatic rings. The van der Waals surface area contributed by atoms with Crippen molar-refractivity contribution in [2.24, 2.45) is 0 Å². The van der Waals surface area contributed by atoms with Gasteiger partial charge in [0, 0.05) is 6.07 Å². The van der Waals surface area contributed by atoms with Crippen molar-refractivity contribution < 1.29 is 22.6 Å². The Balaban J connectivity index is 1.91. The first-order valence-electron chi connectivity index (χ1n) is 7.85. The molecule has 0 spiro atoms. The molecule has 0 bridgehead atoms. The highest BCUT2D eigenvalue weighted by atomic mass is 32.2. The second-order valence-electron chi connectivity index (χ2n) is 5.93. The van der Waals surface area contributed by atoms with E-state index in [0.29, 0.717) is 5.75 Å². The molecule has 25 heavy (non-hydrogen) atoms. The molecule has 0 atom stereocenters. The molecule has 1 saturated carbocycles. The topological polar surface area (TPSA) is 73.9 Å². The summed E-state index contributed by atoms with van der Waals surface area (Å²) < 4.78 is 44.2. The van der Waals surface area contributed by atoms with Crippen LogP contribution in [-0.2, 0) is 15.6 Å². The number of sulfonamides is 1. The first kappa shape index (κ1) is 17.6. The molecule has 0 radical (unpaired) electrons. The summed E-state index contributed by atoms with van der Waals surface area (Å²) in [7, 11) is 0.802. The standard InChI is InChI=1S/C18H21NO5S/c1-22-14-6-4-13(5-7-14)18(10-11-18)19-25(20,21)17-9-8-15(23-2)12-16(17)24-3/h4-9,12,19H,10-11H2,1-3H3. The zero-order valence-electron chi connectivity index (χ0n) is 14.4. The average Bonchev–Trinajstić information content (AvgIpc) is 3.41. The Bertz CT molecular complexity index is 858. The maximum absolute atomic E-state index is 12.9. The summed E-state index contributed by atoms with van der Waals surface area (Å²) in [6.07, 6.45) is 1.49. The van der Waals surface area contributed by atoms with Crippen molar-refractivity contribution in [1.82, 2.24) is 4.72 Å². The largest absolute Gasteiger partial charge is 0.497 e. The van der Waals surface area contributed by atoms with E-state index in [-0.39, 0.29) is 10.6 Å². The van der Waals surface area contributed by atoms with Gasteiger partial charge in [0.05, 0.1) is 26.9 Å². The van der Waals surface area contributed by atoms with E-state index in [0.717, 1.165) is 24.2 Å². The Hall–Kier alpha value is -2.25. The second-order valence-corrected chi connectivity index (χ2v) is 7.58. The van der Waals surface area contributed by atoms with Crippen molar-refractivity contribution >= 4 is 10.0 Å². The number of ether oxygens (including phenoxy) is 3. The zero-order valence-corrected chi connectivity index (χ0v) is 15.2. The van der Waals surface area contributed by atoms with E-state index in [1.165, 1.54) is 20.3 Å². The van der Waals surface area contributed by atoms with Gasteiger partial charge in [0.15, 0.2) is 0 Å². The lowest BCUT2D eigenvalue weighted by Gasteiger charge is -2.19. The highest BCUT2D eigenvalue weighted by molar-refractivity contribution is 7.89. The number of benzene rings is 2. The number of rotatable bonds is 7. The third kappa shape index (κ3) is 3.43. The van der Waals surface area contributed by atoms with E-state index in [1.807, 2.05) is 24.3 Å². The molecule has 0 aliphatic heterocycles. The van der Waals surface area contributed by atoms with Crippen LogP contribution in [0.15, 0.2) is 47.4 Å². The van der Waals surface area contributed by atoms with Gasteiger partial charge >= 0.3 is 0 Å². The van der Waals surface area contributed by atoms with Crippen LogP contribution in [0.4, 0.5) is 0 Å². The fourth-order valence-electron chi connectivity index (χ4n) is 2.79. The molecule has 134 valence electrons. The highest BCUT2D eigenvalue weighted by Gasteiger charge is 2.48. The maximum Gasteiger partial charge on any atom is 0.245 e. The molecule has 7 heteroatoms. The molecule has 1 aliphatic carbocycles. The van der Waals surface area contributed by atoms with Gasteiger partial charge in [-0.2, -0.15) is 0 Å². The third-order valence-electron chi connectivity index (χ3n) is 4.38. The van der Waals surface area contributed by atoms with Gasteiger partial charge in [-0.3, -0.25) is 0 Å². The van der Waals surface area contributed by atoms with Gasteiger partial charge in [-0.15, -0.1) is 0 Å². The smallest absolute Gasteiger partial charge is 0.245 e. The first-order valence-corrected chi connectivity index (χ1v) is 9.33. The van der Waals surface area contributed by atoms with Crippen LogP contribution in [0, 0.1) is 0 Å². The van der Waals surface area contributed by atoms with Crippen LogP contribution in [0.2, 0.25) is 0 Å². The molecular weight excluding hydrogens is 342 g/mol. The lowest BCUT2D eigenvalue weighted by Crippen LogP contribution is -2.35. The van der Waals surface area contributed by atoms with Crippen molar-refractivity contribution in [2.45, 2.75) is 23.3 Å². The Labute approximate surface area is 147 Å². The molecule has 0 saturated heterocycles. The van der Waals surface area contributed by atoms with E-state index in [2.05, 4.69) is 4.72 Å². The molecule has 1 N–H and O–H groups in total. The van der Waals surface area contributed by atoms with Crippen LogP contribution in [0.3, 0.4) is 0 Å². The minimum atomic E-state index is -3.75. The number of nitrogens with one attached hydrogen (secondary N) is 1. The summed E-state index contributed by atoms with van der Waals surface area (Å²) >= 11 is 0. The van der Waals surface area contributed by atoms with Gasteiger partial charge in [-0.05, 0) is 42.7 Å². The molecule has 3 rings (SSSR count). The van der Waals surface area contributed by atoms with Crippen molar-refractivity contribution in [3.8, 4) is 17.2 Å². The van der Waals surface area contributed by atoms with Gasteiger partial charge in [-0.25, -0.2) is 13.1 Å². The summed E-state index contributed by atoms with van der Waals surface area (Å²) in [5, 5.41) is 0. The molecular formula is C18H21NO5S. The normalized spacial score (nSPS) is 15.5. The molecule has 6 nitrogen and oxygen atoms in total. The van der Waals surface area contributed by atoms with Crippen molar-refractivity contribution in [3.63, 3.8) is 0 Å². The van der Waals surface area contributed by atoms with E-state index >= 15 is 0 Å². The van der Waals surface area contributed by atoms with Gasteiger partial charge in [-0.1, -0.05) is 12.1 Å². The Morgan fingerprint density at radius 1 is 0.880 bits per heavy atom. The van der Waals surface area contributed by atoms with E-state index in [9.17, 15) is 8.42 Å². The SMILES string of the molecule is COc1ccc(C2(NS(=O)(=O)c3ccc(OC)cc3OC)CC2)cc1. The molecule has 0 aromatic heterocycles. The van der Waals surface area contributed by atoms with Crippen molar-refractivity contribution in [2.75, 3.05) is 21.3 Å². The number of hydrogen-bond acceptors (Lipinski definition) is 5.